The Hall–Kier alpha value is -7.44. The Labute approximate surface area is 313 Å². The number of hydrogen-bond donors (Lipinski definition) is 0. The van der Waals surface area contributed by atoms with Gasteiger partial charge < -0.3 is 0 Å². The van der Waals surface area contributed by atoms with Crippen molar-refractivity contribution in [3.63, 3.8) is 0 Å². The van der Waals surface area contributed by atoms with Crippen LogP contribution in [0.3, 0.4) is 0 Å². The monoisotopic (exact) mass is 692 g/mol. The first-order valence-corrected chi connectivity index (χ1v) is 17.8. The Bertz CT molecular complexity index is 2510. The maximum atomic E-state index is 5.06. The van der Waals surface area contributed by atoms with Gasteiger partial charge in [-0.1, -0.05) is 188 Å². The number of rotatable bonds is 8. The minimum absolute atomic E-state index is 0.553. The van der Waals surface area contributed by atoms with Crippen molar-refractivity contribution in [2.45, 2.75) is 0 Å². The minimum atomic E-state index is 0.553. The van der Waals surface area contributed by atoms with Crippen LogP contribution in [0.2, 0.25) is 0 Å². The molecule has 0 atom stereocenters. The van der Waals surface area contributed by atoms with Crippen LogP contribution in [0.25, 0.3) is 90.6 Å². The molecule has 0 N–H and O–H groups in total. The third-order valence-corrected chi connectivity index (χ3v) is 9.21. The normalized spacial score (nSPS) is 11.0. The van der Waals surface area contributed by atoms with E-state index in [-0.39, 0.29) is 0 Å². The van der Waals surface area contributed by atoms with Crippen molar-refractivity contribution in [1.29, 1.82) is 0 Å². The quantitative estimate of drug-likeness (QED) is 0.158. The Kier molecular flexibility index (Phi) is 8.81. The van der Waals surface area contributed by atoms with Crippen molar-refractivity contribution in [2.24, 2.45) is 0 Å². The van der Waals surface area contributed by atoms with E-state index in [4.69, 9.17) is 29.9 Å². The highest BCUT2D eigenvalue weighted by molar-refractivity contribution is 5.74. The molecule has 2 heterocycles. The first-order valence-electron chi connectivity index (χ1n) is 17.8. The molecule has 0 bridgehead atoms. The average molecular weight is 693 g/mol. The summed E-state index contributed by atoms with van der Waals surface area (Å²) in [4.78, 5) is 29.9. The van der Waals surface area contributed by atoms with Gasteiger partial charge in [-0.05, 0) is 28.3 Å². The second-order valence-corrected chi connectivity index (χ2v) is 12.8. The van der Waals surface area contributed by atoms with E-state index in [9.17, 15) is 0 Å². The summed E-state index contributed by atoms with van der Waals surface area (Å²) in [5.41, 5.74) is 9.83. The fourth-order valence-electron chi connectivity index (χ4n) is 6.38. The van der Waals surface area contributed by atoms with Crippen LogP contribution < -0.4 is 0 Å². The van der Waals surface area contributed by atoms with E-state index in [2.05, 4.69) is 72.8 Å². The molecular weight excluding hydrogens is 661 g/mol. The SMILES string of the molecule is c1ccc(-c2ccc(-c3nc(-c4ccc(-c5ccccc5)cc4)nc(-c4cccc(-c5nc(-c6ccccc6)nc(-c6ccccc6)n5)c4)n3)cc2)cc1. The number of hydrogen-bond acceptors (Lipinski definition) is 6. The fraction of sp³-hybridized carbons (Fsp3) is 0. The van der Waals surface area contributed by atoms with Gasteiger partial charge in [-0.3, -0.25) is 0 Å². The lowest BCUT2D eigenvalue weighted by Gasteiger charge is -2.11. The van der Waals surface area contributed by atoms with Crippen molar-refractivity contribution in [3.05, 3.63) is 194 Å². The third kappa shape index (κ3) is 6.92. The largest absolute Gasteiger partial charge is 0.208 e. The highest BCUT2D eigenvalue weighted by Crippen LogP contribution is 2.31. The lowest BCUT2D eigenvalue weighted by atomic mass is 10.0. The van der Waals surface area contributed by atoms with Gasteiger partial charge in [0.05, 0.1) is 0 Å². The molecule has 2 aromatic heterocycles. The maximum absolute atomic E-state index is 5.06. The van der Waals surface area contributed by atoms with Crippen molar-refractivity contribution < 1.29 is 0 Å². The van der Waals surface area contributed by atoms with Crippen molar-refractivity contribution >= 4 is 0 Å². The summed E-state index contributed by atoms with van der Waals surface area (Å²) >= 11 is 0. The highest BCUT2D eigenvalue weighted by atomic mass is 15.0. The second kappa shape index (κ2) is 14.7. The first kappa shape index (κ1) is 32.5. The molecule has 254 valence electrons. The van der Waals surface area contributed by atoms with Crippen LogP contribution in [-0.4, -0.2) is 29.9 Å². The average Bonchev–Trinajstić information content (AvgIpc) is 3.27. The molecule has 6 nitrogen and oxygen atoms in total. The second-order valence-electron chi connectivity index (χ2n) is 12.8. The molecule has 6 heteroatoms. The van der Waals surface area contributed by atoms with Crippen LogP contribution in [0.1, 0.15) is 0 Å². The van der Waals surface area contributed by atoms with Crippen LogP contribution in [0.15, 0.2) is 194 Å². The molecule has 0 saturated carbocycles. The number of benzene rings is 7. The van der Waals surface area contributed by atoms with Crippen LogP contribution in [0.4, 0.5) is 0 Å². The zero-order valence-electron chi connectivity index (χ0n) is 29.2. The summed E-state index contributed by atoms with van der Waals surface area (Å²) in [6.45, 7) is 0. The standard InChI is InChI=1S/C48H32N6/c1-5-14-33(15-6-1)35-24-28-39(29-25-35)45-50-46(40-30-26-36(27-31-40)34-16-7-2-8-17-34)54-48(53-45)42-23-13-22-41(32-42)47-51-43(37-18-9-3-10-19-37)49-44(52-47)38-20-11-4-12-21-38/h1-32H. The fourth-order valence-corrected chi connectivity index (χ4v) is 6.38. The molecular formula is C48H32N6. The Morgan fingerprint density at radius 1 is 0.167 bits per heavy atom. The summed E-state index contributed by atoms with van der Waals surface area (Å²) < 4.78 is 0. The molecule has 0 aliphatic heterocycles. The summed E-state index contributed by atoms with van der Waals surface area (Å²) in [5, 5.41) is 0. The van der Waals surface area contributed by atoms with Crippen LogP contribution in [-0.2, 0) is 0 Å². The maximum Gasteiger partial charge on any atom is 0.164 e. The van der Waals surface area contributed by atoms with Gasteiger partial charge in [0.1, 0.15) is 0 Å². The first-order chi connectivity index (χ1) is 26.7. The molecule has 0 amide bonds. The van der Waals surface area contributed by atoms with E-state index >= 15 is 0 Å². The predicted molar refractivity (Wildman–Crippen MR) is 217 cm³/mol. The smallest absolute Gasteiger partial charge is 0.164 e. The van der Waals surface area contributed by atoms with E-state index in [1.807, 2.05) is 121 Å². The van der Waals surface area contributed by atoms with E-state index in [1.165, 1.54) is 0 Å². The van der Waals surface area contributed by atoms with E-state index in [1.54, 1.807) is 0 Å². The summed E-state index contributed by atoms with van der Waals surface area (Å²) in [6.07, 6.45) is 0. The summed E-state index contributed by atoms with van der Waals surface area (Å²) in [7, 11) is 0. The van der Waals surface area contributed by atoms with Gasteiger partial charge in [0.25, 0.3) is 0 Å². The molecule has 7 aromatic carbocycles. The zero-order chi connectivity index (χ0) is 36.1. The molecule has 9 aromatic rings. The lowest BCUT2D eigenvalue weighted by Crippen LogP contribution is -2.02. The minimum Gasteiger partial charge on any atom is -0.208 e. The lowest BCUT2D eigenvalue weighted by molar-refractivity contribution is 1.07. The van der Waals surface area contributed by atoms with Gasteiger partial charge in [-0.25, -0.2) is 29.9 Å². The highest BCUT2D eigenvalue weighted by Gasteiger charge is 2.16. The van der Waals surface area contributed by atoms with Crippen molar-refractivity contribution in [2.75, 3.05) is 0 Å². The van der Waals surface area contributed by atoms with E-state index in [0.717, 1.165) is 55.6 Å². The zero-order valence-corrected chi connectivity index (χ0v) is 29.2. The molecule has 0 radical (unpaired) electrons. The number of nitrogens with zero attached hydrogens (tertiary/aromatic N) is 6. The van der Waals surface area contributed by atoms with Gasteiger partial charge in [0, 0.05) is 33.4 Å². The van der Waals surface area contributed by atoms with Gasteiger partial charge in [-0.2, -0.15) is 0 Å². The predicted octanol–water partition coefficient (Wildman–Crippen LogP) is 11.4. The van der Waals surface area contributed by atoms with Crippen molar-refractivity contribution in [1.82, 2.24) is 29.9 Å². The van der Waals surface area contributed by atoms with E-state index in [0.29, 0.717) is 34.9 Å². The topological polar surface area (TPSA) is 77.3 Å². The number of aromatic nitrogens is 6. The molecule has 0 aliphatic rings. The molecule has 0 fully saturated rings. The molecule has 0 unspecified atom stereocenters. The molecule has 0 aliphatic carbocycles. The van der Waals surface area contributed by atoms with Gasteiger partial charge in [-0.15, -0.1) is 0 Å². The summed E-state index contributed by atoms with van der Waals surface area (Å²) in [5.74, 6) is 3.50. The van der Waals surface area contributed by atoms with Crippen molar-refractivity contribution in [3.8, 4) is 90.6 Å². The molecule has 54 heavy (non-hydrogen) atoms. The third-order valence-electron chi connectivity index (χ3n) is 9.21. The Morgan fingerprint density at radius 2 is 0.370 bits per heavy atom. The van der Waals surface area contributed by atoms with E-state index < -0.39 is 0 Å². The van der Waals surface area contributed by atoms with Gasteiger partial charge in [0.2, 0.25) is 0 Å². The Morgan fingerprint density at radius 3 is 0.685 bits per heavy atom. The molecule has 0 saturated heterocycles. The molecule has 9 rings (SSSR count). The molecule has 0 spiro atoms. The van der Waals surface area contributed by atoms with Gasteiger partial charge >= 0.3 is 0 Å². The van der Waals surface area contributed by atoms with Gasteiger partial charge in [0.15, 0.2) is 34.9 Å². The van der Waals surface area contributed by atoms with Crippen LogP contribution >= 0.6 is 0 Å². The summed E-state index contributed by atoms with van der Waals surface area (Å²) in [6, 6.07) is 65.4. The Balaban J connectivity index is 1.15. The van der Waals surface area contributed by atoms with Crippen LogP contribution in [0.5, 0.6) is 0 Å². The van der Waals surface area contributed by atoms with Crippen LogP contribution in [0, 0.1) is 0 Å².